The third-order valence-corrected chi connectivity index (χ3v) is 5.03. The van der Waals surface area contributed by atoms with Crippen LogP contribution in [0.15, 0.2) is 54.6 Å². The van der Waals surface area contributed by atoms with E-state index in [1.54, 1.807) is 0 Å². The number of halogens is 1. The van der Waals surface area contributed by atoms with Gasteiger partial charge in [0.05, 0.1) is 6.61 Å². The summed E-state index contributed by atoms with van der Waals surface area (Å²) in [4.78, 5) is 2.58. The van der Waals surface area contributed by atoms with Crippen molar-refractivity contribution in [2.24, 2.45) is 5.92 Å². The van der Waals surface area contributed by atoms with E-state index in [9.17, 15) is 0 Å². The number of hydrogen-bond acceptors (Lipinski definition) is 2. The molecule has 0 saturated carbocycles. The van der Waals surface area contributed by atoms with Crippen LogP contribution < -0.4 is 4.74 Å². The Labute approximate surface area is 150 Å². The van der Waals surface area contributed by atoms with E-state index in [1.165, 1.54) is 37.9 Å². The Morgan fingerprint density at radius 2 is 1.67 bits per heavy atom. The molecule has 2 nitrogen and oxygen atoms in total. The topological polar surface area (TPSA) is 12.5 Å². The van der Waals surface area contributed by atoms with Crippen molar-refractivity contribution >= 4 is 11.6 Å². The van der Waals surface area contributed by atoms with Crippen molar-refractivity contribution in [1.29, 1.82) is 0 Å². The van der Waals surface area contributed by atoms with Gasteiger partial charge in [-0.2, -0.15) is 0 Å². The van der Waals surface area contributed by atoms with Crippen molar-refractivity contribution < 1.29 is 4.74 Å². The molecule has 1 fully saturated rings. The summed E-state index contributed by atoms with van der Waals surface area (Å²) in [5, 5.41) is 0.825. The fourth-order valence-electron chi connectivity index (χ4n) is 3.36. The highest BCUT2D eigenvalue weighted by atomic mass is 35.5. The predicted molar refractivity (Wildman–Crippen MR) is 101 cm³/mol. The van der Waals surface area contributed by atoms with Gasteiger partial charge in [0.15, 0.2) is 0 Å². The van der Waals surface area contributed by atoms with Crippen LogP contribution in [0.4, 0.5) is 0 Å². The molecular formula is C21H26ClNO. The number of benzene rings is 2. The zero-order chi connectivity index (χ0) is 16.6. The molecule has 0 radical (unpaired) electrons. The summed E-state index contributed by atoms with van der Waals surface area (Å²) in [5.41, 5.74) is 1.41. The zero-order valence-corrected chi connectivity index (χ0v) is 14.9. The molecule has 2 aromatic carbocycles. The van der Waals surface area contributed by atoms with Crippen molar-refractivity contribution in [2.45, 2.75) is 25.7 Å². The Hall–Kier alpha value is -1.51. The summed E-state index contributed by atoms with van der Waals surface area (Å²) < 4.78 is 5.77. The van der Waals surface area contributed by atoms with Crippen LogP contribution in [0.1, 0.15) is 24.8 Å². The van der Waals surface area contributed by atoms with Crippen LogP contribution in [0.25, 0.3) is 0 Å². The molecule has 0 aromatic heterocycles. The zero-order valence-electron chi connectivity index (χ0n) is 14.2. The van der Waals surface area contributed by atoms with Gasteiger partial charge in [-0.1, -0.05) is 41.9 Å². The first-order valence-electron chi connectivity index (χ1n) is 8.94. The molecule has 3 rings (SSSR count). The predicted octanol–water partition coefficient (Wildman–Crippen LogP) is 5.06. The second-order valence-corrected chi connectivity index (χ2v) is 7.07. The van der Waals surface area contributed by atoms with E-state index in [0.29, 0.717) is 0 Å². The Morgan fingerprint density at radius 1 is 0.958 bits per heavy atom. The van der Waals surface area contributed by atoms with E-state index in [4.69, 9.17) is 16.3 Å². The summed E-state index contributed by atoms with van der Waals surface area (Å²) in [6.45, 7) is 4.36. The quantitative estimate of drug-likeness (QED) is 0.651. The van der Waals surface area contributed by atoms with Crippen molar-refractivity contribution in [1.82, 2.24) is 4.90 Å². The summed E-state index contributed by atoms with van der Waals surface area (Å²) in [6.07, 6.45) is 4.86. The van der Waals surface area contributed by atoms with Gasteiger partial charge in [-0.05, 0) is 74.5 Å². The summed E-state index contributed by atoms with van der Waals surface area (Å²) >= 11 is 5.96. The molecule has 0 spiro atoms. The maximum atomic E-state index is 5.96. The standard InChI is InChI=1S/C21H26ClNO/c22-20-9-7-18(8-10-20)17-19-11-14-23(15-12-19)13-4-16-24-21-5-2-1-3-6-21/h1-3,5-10,19H,4,11-17H2. The lowest BCUT2D eigenvalue weighted by atomic mass is 9.90. The molecule has 1 heterocycles. The van der Waals surface area contributed by atoms with E-state index in [1.807, 2.05) is 42.5 Å². The van der Waals surface area contributed by atoms with Crippen LogP contribution in [0, 0.1) is 5.92 Å². The van der Waals surface area contributed by atoms with Gasteiger partial charge >= 0.3 is 0 Å². The van der Waals surface area contributed by atoms with Gasteiger partial charge in [0.2, 0.25) is 0 Å². The number of piperidine rings is 1. The average molecular weight is 344 g/mol. The number of hydrogen-bond donors (Lipinski definition) is 0. The monoisotopic (exact) mass is 343 g/mol. The van der Waals surface area contributed by atoms with Crippen LogP contribution in [-0.2, 0) is 6.42 Å². The molecule has 0 amide bonds. The lowest BCUT2D eigenvalue weighted by Gasteiger charge is -2.32. The molecule has 0 unspecified atom stereocenters. The normalized spacial score (nSPS) is 16.2. The maximum absolute atomic E-state index is 5.96. The first-order chi connectivity index (χ1) is 11.8. The molecule has 24 heavy (non-hydrogen) atoms. The minimum atomic E-state index is 0.800. The average Bonchev–Trinajstić information content (AvgIpc) is 2.63. The molecule has 0 bridgehead atoms. The molecule has 2 aromatic rings. The molecule has 128 valence electrons. The van der Waals surface area contributed by atoms with Crippen LogP contribution in [0.3, 0.4) is 0 Å². The number of likely N-dealkylation sites (tertiary alicyclic amines) is 1. The van der Waals surface area contributed by atoms with Crippen LogP contribution in [-0.4, -0.2) is 31.1 Å². The highest BCUT2D eigenvalue weighted by molar-refractivity contribution is 6.30. The minimum absolute atomic E-state index is 0.800. The number of nitrogens with zero attached hydrogens (tertiary/aromatic N) is 1. The van der Waals surface area contributed by atoms with Crippen LogP contribution >= 0.6 is 11.6 Å². The van der Waals surface area contributed by atoms with E-state index in [2.05, 4.69) is 17.0 Å². The molecule has 1 aliphatic heterocycles. The second kappa shape index (κ2) is 9.10. The summed E-state index contributed by atoms with van der Waals surface area (Å²) in [5.74, 6) is 1.78. The van der Waals surface area contributed by atoms with E-state index >= 15 is 0 Å². The highest BCUT2D eigenvalue weighted by Gasteiger charge is 2.19. The fourth-order valence-corrected chi connectivity index (χ4v) is 3.49. The largest absolute Gasteiger partial charge is 0.494 e. The Morgan fingerprint density at radius 3 is 2.38 bits per heavy atom. The van der Waals surface area contributed by atoms with Gasteiger partial charge in [-0.25, -0.2) is 0 Å². The SMILES string of the molecule is Clc1ccc(CC2CCN(CCCOc3ccccc3)CC2)cc1. The van der Waals surface area contributed by atoms with Gasteiger partial charge < -0.3 is 9.64 Å². The Bertz CT molecular complexity index is 591. The van der Waals surface area contributed by atoms with Crippen molar-refractivity contribution in [3.63, 3.8) is 0 Å². The molecule has 3 heteroatoms. The van der Waals surface area contributed by atoms with Crippen LogP contribution in [0.5, 0.6) is 5.75 Å². The van der Waals surface area contributed by atoms with Gasteiger partial charge in [0.25, 0.3) is 0 Å². The first-order valence-corrected chi connectivity index (χ1v) is 9.32. The van der Waals surface area contributed by atoms with E-state index in [0.717, 1.165) is 36.3 Å². The molecular weight excluding hydrogens is 318 g/mol. The van der Waals surface area contributed by atoms with Crippen molar-refractivity contribution in [3.8, 4) is 5.75 Å². The Balaban J connectivity index is 1.31. The first kappa shape index (κ1) is 17.3. The van der Waals surface area contributed by atoms with Crippen LogP contribution in [0.2, 0.25) is 5.02 Å². The second-order valence-electron chi connectivity index (χ2n) is 6.63. The third-order valence-electron chi connectivity index (χ3n) is 4.78. The maximum Gasteiger partial charge on any atom is 0.119 e. The van der Waals surface area contributed by atoms with Crippen molar-refractivity contribution in [2.75, 3.05) is 26.2 Å². The molecule has 1 saturated heterocycles. The van der Waals surface area contributed by atoms with Crippen molar-refractivity contribution in [3.05, 3.63) is 65.2 Å². The van der Waals surface area contributed by atoms with Gasteiger partial charge in [0, 0.05) is 11.6 Å². The minimum Gasteiger partial charge on any atom is -0.494 e. The lowest BCUT2D eigenvalue weighted by Crippen LogP contribution is -2.35. The fraction of sp³-hybridized carbons (Fsp3) is 0.429. The molecule has 0 atom stereocenters. The Kier molecular flexibility index (Phi) is 6.57. The van der Waals surface area contributed by atoms with Gasteiger partial charge in [-0.15, -0.1) is 0 Å². The third kappa shape index (κ3) is 5.54. The molecule has 1 aliphatic rings. The number of para-hydroxylation sites is 1. The number of rotatable bonds is 7. The lowest BCUT2D eigenvalue weighted by molar-refractivity contribution is 0.170. The summed E-state index contributed by atoms with van der Waals surface area (Å²) in [6, 6.07) is 18.4. The molecule has 0 aliphatic carbocycles. The van der Waals surface area contributed by atoms with Gasteiger partial charge in [-0.3, -0.25) is 0 Å². The number of ether oxygens (including phenoxy) is 1. The smallest absolute Gasteiger partial charge is 0.119 e. The highest BCUT2D eigenvalue weighted by Crippen LogP contribution is 2.22. The van der Waals surface area contributed by atoms with Gasteiger partial charge in [0.1, 0.15) is 5.75 Å². The molecule has 0 N–H and O–H groups in total. The van der Waals surface area contributed by atoms with E-state index in [-0.39, 0.29) is 0 Å². The summed E-state index contributed by atoms with van der Waals surface area (Å²) in [7, 11) is 0. The van der Waals surface area contributed by atoms with E-state index < -0.39 is 0 Å².